The van der Waals surface area contributed by atoms with Crippen LogP contribution in [0, 0.1) is 0 Å². The van der Waals surface area contributed by atoms with E-state index in [1.807, 2.05) is 0 Å². The lowest BCUT2D eigenvalue weighted by Crippen LogP contribution is -2.61. The minimum absolute atomic E-state index is 0.451. The fourth-order valence-corrected chi connectivity index (χ4v) is 5.65. The van der Waals surface area contributed by atoms with Gasteiger partial charge in [-0.25, -0.2) is 0 Å². The van der Waals surface area contributed by atoms with Gasteiger partial charge in [0.15, 0.2) is 0 Å². The van der Waals surface area contributed by atoms with Crippen molar-refractivity contribution in [3.05, 3.63) is 71.8 Å². The zero-order valence-corrected chi connectivity index (χ0v) is 16.5. The van der Waals surface area contributed by atoms with E-state index in [9.17, 15) is 0 Å². The molecule has 0 unspecified atom stereocenters. The molecule has 4 heteroatoms. The molecule has 0 atom stereocenters. The van der Waals surface area contributed by atoms with Crippen molar-refractivity contribution in [1.82, 2.24) is 4.90 Å². The highest BCUT2D eigenvalue weighted by Crippen LogP contribution is 2.53. The molecule has 25 heavy (non-hydrogen) atoms. The highest BCUT2D eigenvalue weighted by molar-refractivity contribution is 14.1. The first-order valence-corrected chi connectivity index (χ1v) is 10.2. The summed E-state index contributed by atoms with van der Waals surface area (Å²) in [6.07, 6.45) is 3.73. The zero-order valence-electron chi connectivity index (χ0n) is 14.4. The molecule has 0 saturated carbocycles. The fourth-order valence-electron chi connectivity index (χ4n) is 4.25. The second-order valence-electron chi connectivity index (χ2n) is 6.72. The minimum Gasteiger partial charge on any atom is -0.337 e. The van der Waals surface area contributed by atoms with E-state index in [0.717, 1.165) is 13.1 Å². The Morgan fingerprint density at radius 1 is 0.760 bits per heavy atom. The van der Waals surface area contributed by atoms with Crippen molar-refractivity contribution < 1.29 is 9.47 Å². The molecule has 0 spiro atoms. The van der Waals surface area contributed by atoms with Gasteiger partial charge < -0.3 is 9.47 Å². The van der Waals surface area contributed by atoms with Gasteiger partial charge in [0.2, 0.25) is 3.79 Å². The van der Waals surface area contributed by atoms with Crippen LogP contribution in [0.1, 0.15) is 30.4 Å². The average molecular weight is 449 g/mol. The summed E-state index contributed by atoms with van der Waals surface area (Å²) in [4.78, 5) is 2.58. The van der Waals surface area contributed by atoms with E-state index < -0.39 is 9.33 Å². The second-order valence-corrected chi connectivity index (χ2v) is 8.14. The maximum Gasteiger partial charge on any atom is 0.249 e. The van der Waals surface area contributed by atoms with E-state index in [2.05, 4.69) is 88.2 Å². The Balaban J connectivity index is 1.97. The standard InChI is InChI=1S/C21H24INO2/c22-21(24-16-17-25-21)20(18-10-4-1-5-11-18,19-12-6-2-7-13-19)23-14-8-3-9-15-23/h1-2,4-7,10-13H,3,8-9,14-17H2. The summed E-state index contributed by atoms with van der Waals surface area (Å²) in [6.45, 7) is 3.39. The molecule has 2 aromatic rings. The number of benzene rings is 2. The first-order valence-electron chi connectivity index (χ1n) is 9.10. The molecular formula is C21H24INO2. The van der Waals surface area contributed by atoms with Crippen LogP contribution < -0.4 is 0 Å². The number of hydrogen-bond donors (Lipinski definition) is 0. The molecule has 4 rings (SSSR count). The van der Waals surface area contributed by atoms with Crippen LogP contribution in [0.25, 0.3) is 0 Å². The van der Waals surface area contributed by atoms with E-state index >= 15 is 0 Å². The van der Waals surface area contributed by atoms with Crippen LogP contribution >= 0.6 is 22.6 Å². The Morgan fingerprint density at radius 3 is 1.72 bits per heavy atom. The van der Waals surface area contributed by atoms with Gasteiger partial charge in [-0.1, -0.05) is 67.1 Å². The summed E-state index contributed by atoms with van der Waals surface area (Å²) in [7, 11) is 0. The molecule has 0 bridgehead atoms. The molecule has 0 amide bonds. The maximum atomic E-state index is 6.29. The smallest absolute Gasteiger partial charge is 0.249 e. The molecular weight excluding hydrogens is 425 g/mol. The van der Waals surface area contributed by atoms with Crippen molar-refractivity contribution in [2.45, 2.75) is 28.6 Å². The Labute approximate surface area is 163 Å². The number of rotatable bonds is 4. The zero-order chi connectivity index (χ0) is 17.2. The predicted octanol–water partition coefficient (Wildman–Crippen LogP) is 4.55. The third kappa shape index (κ3) is 2.93. The second kappa shape index (κ2) is 7.35. The van der Waals surface area contributed by atoms with Crippen molar-refractivity contribution in [3.8, 4) is 0 Å². The first-order chi connectivity index (χ1) is 12.3. The molecule has 132 valence electrons. The number of ether oxygens (including phenoxy) is 2. The molecule has 3 nitrogen and oxygen atoms in total. The number of hydrogen-bond acceptors (Lipinski definition) is 3. The van der Waals surface area contributed by atoms with Gasteiger partial charge in [-0.2, -0.15) is 0 Å². The van der Waals surface area contributed by atoms with Gasteiger partial charge in [0, 0.05) is 0 Å². The number of alkyl halides is 1. The summed E-state index contributed by atoms with van der Waals surface area (Å²) >= 11 is 2.40. The van der Waals surface area contributed by atoms with Crippen molar-refractivity contribution in [1.29, 1.82) is 0 Å². The third-order valence-corrected chi connectivity index (χ3v) is 6.71. The van der Waals surface area contributed by atoms with Crippen LogP contribution in [0.2, 0.25) is 0 Å². The monoisotopic (exact) mass is 449 g/mol. The van der Waals surface area contributed by atoms with Gasteiger partial charge >= 0.3 is 0 Å². The number of nitrogens with zero attached hydrogens (tertiary/aromatic N) is 1. The lowest BCUT2D eigenvalue weighted by Gasteiger charge is -2.52. The Morgan fingerprint density at radius 2 is 1.24 bits per heavy atom. The summed E-state index contributed by atoms with van der Waals surface area (Å²) in [5.41, 5.74) is 2.02. The molecule has 2 aromatic carbocycles. The number of halogens is 1. The van der Waals surface area contributed by atoms with Gasteiger partial charge in [0.1, 0.15) is 5.54 Å². The lowest BCUT2D eigenvalue weighted by atomic mass is 9.79. The topological polar surface area (TPSA) is 21.7 Å². The molecule has 0 N–H and O–H groups in total. The van der Waals surface area contributed by atoms with E-state index in [4.69, 9.17) is 9.47 Å². The summed E-state index contributed by atoms with van der Waals surface area (Å²) in [5.74, 6) is 0. The quantitative estimate of drug-likeness (QED) is 0.505. The van der Waals surface area contributed by atoms with Gasteiger partial charge in [0.25, 0.3) is 0 Å². The average Bonchev–Trinajstić information content (AvgIpc) is 3.13. The maximum absolute atomic E-state index is 6.29. The van der Waals surface area contributed by atoms with Crippen molar-refractivity contribution >= 4 is 22.6 Å². The van der Waals surface area contributed by atoms with Crippen molar-refractivity contribution in [2.75, 3.05) is 26.3 Å². The molecule has 2 heterocycles. The number of piperidine rings is 1. The van der Waals surface area contributed by atoms with Crippen LogP contribution in [0.4, 0.5) is 0 Å². The predicted molar refractivity (Wildman–Crippen MR) is 108 cm³/mol. The fraction of sp³-hybridized carbons (Fsp3) is 0.429. The molecule has 0 aliphatic carbocycles. The van der Waals surface area contributed by atoms with Crippen molar-refractivity contribution in [2.24, 2.45) is 0 Å². The number of likely N-dealkylation sites (tertiary alicyclic amines) is 1. The Kier molecular flexibility index (Phi) is 5.13. The van der Waals surface area contributed by atoms with E-state index in [-0.39, 0.29) is 0 Å². The molecule has 2 aliphatic rings. The van der Waals surface area contributed by atoms with Crippen LogP contribution in [-0.4, -0.2) is 35.0 Å². The summed E-state index contributed by atoms with van der Waals surface area (Å²) < 4.78 is 11.9. The van der Waals surface area contributed by atoms with E-state index in [1.165, 1.54) is 30.4 Å². The van der Waals surface area contributed by atoms with Crippen LogP contribution in [0.15, 0.2) is 60.7 Å². The van der Waals surface area contributed by atoms with Crippen LogP contribution in [0.5, 0.6) is 0 Å². The normalized spacial score (nSPS) is 21.3. The van der Waals surface area contributed by atoms with Gasteiger partial charge in [-0.15, -0.1) is 0 Å². The third-order valence-electron chi connectivity index (χ3n) is 5.30. The summed E-state index contributed by atoms with van der Waals surface area (Å²) in [5, 5.41) is 0. The first kappa shape index (κ1) is 17.5. The van der Waals surface area contributed by atoms with Gasteiger partial charge in [-0.3, -0.25) is 4.90 Å². The Hall–Kier alpha value is -0.950. The largest absolute Gasteiger partial charge is 0.337 e. The summed E-state index contributed by atoms with van der Waals surface area (Å²) in [6, 6.07) is 21.5. The van der Waals surface area contributed by atoms with Gasteiger partial charge in [-0.05, 0) is 59.6 Å². The molecule has 2 saturated heterocycles. The molecule has 0 aromatic heterocycles. The highest BCUT2D eigenvalue weighted by atomic mass is 127. The SMILES string of the molecule is IC1(C(c2ccccc2)(c2ccccc2)N2CCCCC2)OCCO1. The van der Waals surface area contributed by atoms with Gasteiger partial charge in [0.05, 0.1) is 13.2 Å². The highest BCUT2D eigenvalue weighted by Gasteiger charge is 2.60. The van der Waals surface area contributed by atoms with Crippen LogP contribution in [-0.2, 0) is 15.0 Å². The Bertz CT molecular complexity index is 640. The van der Waals surface area contributed by atoms with E-state index in [1.54, 1.807) is 0 Å². The molecule has 0 radical (unpaired) electrons. The van der Waals surface area contributed by atoms with E-state index in [0.29, 0.717) is 13.2 Å². The lowest BCUT2D eigenvalue weighted by molar-refractivity contribution is -0.157. The van der Waals surface area contributed by atoms with Crippen LogP contribution in [0.3, 0.4) is 0 Å². The molecule has 2 aliphatic heterocycles. The van der Waals surface area contributed by atoms with Crippen molar-refractivity contribution in [3.63, 3.8) is 0 Å². The minimum atomic E-state index is -0.731. The molecule has 2 fully saturated rings.